The van der Waals surface area contributed by atoms with Crippen LogP contribution in [0.4, 0.5) is 4.39 Å². The Morgan fingerprint density at radius 1 is 1.31 bits per heavy atom. The van der Waals surface area contributed by atoms with Gasteiger partial charge in [0.15, 0.2) is 0 Å². The van der Waals surface area contributed by atoms with E-state index in [1.54, 1.807) is 23.0 Å². The van der Waals surface area contributed by atoms with Crippen LogP contribution in [0.5, 0.6) is 5.88 Å². The Kier molecular flexibility index (Phi) is 8.04. The summed E-state index contributed by atoms with van der Waals surface area (Å²) in [6.45, 7) is 4.21. The number of likely N-dealkylation sites (N-methyl/N-ethyl adjacent to an activating group) is 1. The first kappa shape index (κ1) is 25.8. The lowest BCUT2D eigenvalue weighted by molar-refractivity contribution is 0.0313. The van der Waals surface area contributed by atoms with Gasteiger partial charge in [0.05, 0.1) is 19.2 Å². The maximum Gasteiger partial charge on any atom is 0.259 e. The van der Waals surface area contributed by atoms with Gasteiger partial charge in [0.25, 0.3) is 11.8 Å². The molecule has 0 bridgehead atoms. The zero-order valence-electron chi connectivity index (χ0n) is 21.1. The van der Waals surface area contributed by atoms with Crippen molar-refractivity contribution in [1.82, 2.24) is 14.8 Å². The van der Waals surface area contributed by atoms with Gasteiger partial charge < -0.3 is 19.6 Å². The van der Waals surface area contributed by atoms with Crippen LogP contribution >= 0.6 is 0 Å². The topological polar surface area (TPSA) is 83.0 Å². The third-order valence-corrected chi connectivity index (χ3v) is 7.07. The van der Waals surface area contributed by atoms with Crippen LogP contribution in [0.15, 0.2) is 42.6 Å². The molecule has 3 atom stereocenters. The van der Waals surface area contributed by atoms with Crippen molar-refractivity contribution in [2.75, 3.05) is 26.7 Å². The quantitative estimate of drug-likeness (QED) is 0.651. The van der Waals surface area contributed by atoms with Gasteiger partial charge in [-0.1, -0.05) is 13.0 Å². The van der Waals surface area contributed by atoms with Gasteiger partial charge in [0.1, 0.15) is 17.5 Å². The number of halogens is 1. The molecule has 0 saturated carbocycles. The van der Waals surface area contributed by atoms with Crippen LogP contribution in [0.2, 0.25) is 0 Å². The second-order valence-electron chi connectivity index (χ2n) is 9.87. The molecule has 1 aromatic heterocycles. The smallest absolute Gasteiger partial charge is 0.259 e. The molecule has 1 aliphatic heterocycles. The van der Waals surface area contributed by atoms with Gasteiger partial charge in [-0.05, 0) is 74.1 Å². The van der Waals surface area contributed by atoms with Gasteiger partial charge in [0, 0.05) is 31.3 Å². The number of aliphatic hydroxyl groups is 1. The number of carbonyl (C=O) groups excluding carboxylic acids is 2. The summed E-state index contributed by atoms with van der Waals surface area (Å²) >= 11 is 0. The number of allylic oxidation sites excluding steroid dienone is 2. The van der Waals surface area contributed by atoms with Crippen molar-refractivity contribution >= 4 is 17.4 Å². The van der Waals surface area contributed by atoms with Gasteiger partial charge in [-0.2, -0.15) is 0 Å². The summed E-state index contributed by atoms with van der Waals surface area (Å²) in [5.74, 6) is -0.799. The second-order valence-corrected chi connectivity index (χ2v) is 9.87. The molecule has 2 heterocycles. The van der Waals surface area contributed by atoms with Gasteiger partial charge in [-0.3, -0.25) is 9.59 Å². The Bertz CT molecular complexity index is 1130. The van der Waals surface area contributed by atoms with Gasteiger partial charge in [-0.25, -0.2) is 9.37 Å². The number of carbonyl (C=O) groups is 2. The highest BCUT2D eigenvalue weighted by molar-refractivity contribution is 5.97. The average Bonchev–Trinajstić information content (AvgIpc) is 2.90. The van der Waals surface area contributed by atoms with Crippen LogP contribution in [0.25, 0.3) is 5.57 Å². The molecule has 2 amide bonds. The molecular formula is C28H34FN3O4. The molecule has 2 aromatic rings. The molecule has 1 aliphatic carbocycles. The Balaban J connectivity index is 1.64. The van der Waals surface area contributed by atoms with Crippen molar-refractivity contribution in [2.24, 2.45) is 5.92 Å². The Morgan fingerprint density at radius 2 is 2.06 bits per heavy atom. The number of aliphatic hydroxyl groups excluding tert-OH is 1. The first-order valence-corrected chi connectivity index (χ1v) is 12.6. The van der Waals surface area contributed by atoms with Crippen molar-refractivity contribution in [3.8, 4) is 5.88 Å². The molecule has 1 N–H and O–H groups in total. The maximum absolute atomic E-state index is 13.6. The number of ether oxygens (including phenoxy) is 1. The fourth-order valence-electron chi connectivity index (χ4n) is 4.76. The molecular weight excluding hydrogens is 461 g/mol. The van der Waals surface area contributed by atoms with Crippen LogP contribution < -0.4 is 4.74 Å². The number of rotatable bonds is 6. The van der Waals surface area contributed by atoms with E-state index in [-0.39, 0.29) is 42.8 Å². The van der Waals surface area contributed by atoms with E-state index in [1.807, 2.05) is 19.9 Å². The van der Waals surface area contributed by atoms with E-state index in [0.29, 0.717) is 17.7 Å². The maximum atomic E-state index is 13.6. The third kappa shape index (κ3) is 5.59. The highest BCUT2D eigenvalue weighted by atomic mass is 19.1. The summed E-state index contributed by atoms with van der Waals surface area (Å²) in [7, 11) is 1.67. The fourth-order valence-corrected chi connectivity index (χ4v) is 4.76. The van der Waals surface area contributed by atoms with E-state index >= 15 is 0 Å². The fraction of sp³-hybridized carbons (Fsp3) is 0.464. The molecule has 7 nitrogen and oxygen atoms in total. The van der Waals surface area contributed by atoms with E-state index in [4.69, 9.17) is 4.74 Å². The minimum Gasteiger partial charge on any atom is -0.472 e. The normalized spacial score (nSPS) is 21.0. The Hall–Kier alpha value is -3.26. The van der Waals surface area contributed by atoms with Crippen molar-refractivity contribution in [1.29, 1.82) is 0 Å². The molecule has 0 spiro atoms. The summed E-state index contributed by atoms with van der Waals surface area (Å²) in [5, 5.41) is 9.86. The van der Waals surface area contributed by atoms with Gasteiger partial charge in [-0.15, -0.1) is 0 Å². The molecule has 192 valence electrons. The highest BCUT2D eigenvalue weighted by Crippen LogP contribution is 2.32. The van der Waals surface area contributed by atoms with E-state index in [1.165, 1.54) is 29.8 Å². The van der Waals surface area contributed by atoms with Gasteiger partial charge in [0.2, 0.25) is 5.88 Å². The largest absolute Gasteiger partial charge is 0.472 e. The van der Waals surface area contributed by atoms with Crippen molar-refractivity contribution in [3.63, 3.8) is 0 Å². The van der Waals surface area contributed by atoms with Gasteiger partial charge >= 0.3 is 0 Å². The van der Waals surface area contributed by atoms with Crippen LogP contribution in [-0.2, 0) is 0 Å². The monoisotopic (exact) mass is 495 g/mol. The van der Waals surface area contributed by atoms with Crippen molar-refractivity contribution < 1.29 is 23.8 Å². The second kappa shape index (κ2) is 11.2. The number of hydrogen-bond acceptors (Lipinski definition) is 5. The van der Waals surface area contributed by atoms with Crippen LogP contribution in [0.1, 0.15) is 65.8 Å². The minimum atomic E-state index is -0.452. The van der Waals surface area contributed by atoms with Crippen LogP contribution in [-0.4, -0.2) is 70.6 Å². The lowest BCUT2D eigenvalue weighted by atomic mass is 9.93. The molecule has 8 heteroatoms. The Morgan fingerprint density at radius 3 is 2.72 bits per heavy atom. The first-order chi connectivity index (χ1) is 17.3. The minimum absolute atomic E-state index is 0.151. The zero-order valence-corrected chi connectivity index (χ0v) is 21.1. The van der Waals surface area contributed by atoms with E-state index in [9.17, 15) is 19.1 Å². The number of benzene rings is 1. The predicted molar refractivity (Wildman–Crippen MR) is 135 cm³/mol. The zero-order chi connectivity index (χ0) is 25.8. The molecule has 4 rings (SSSR count). The summed E-state index contributed by atoms with van der Waals surface area (Å²) in [6.07, 6.45) is 7.73. The average molecular weight is 496 g/mol. The number of amides is 2. The number of hydrogen-bond donors (Lipinski definition) is 1. The number of aromatic nitrogens is 1. The summed E-state index contributed by atoms with van der Waals surface area (Å²) in [5.41, 5.74) is 2.84. The molecule has 0 unspecified atom stereocenters. The van der Waals surface area contributed by atoms with Crippen LogP contribution in [0, 0.1) is 11.7 Å². The lowest BCUT2D eigenvalue weighted by Gasteiger charge is -2.37. The molecule has 0 saturated heterocycles. The molecule has 0 fully saturated rings. The number of nitrogens with zero attached hydrogens (tertiary/aromatic N) is 3. The first-order valence-electron chi connectivity index (χ1n) is 12.6. The third-order valence-electron chi connectivity index (χ3n) is 7.07. The molecule has 1 aromatic carbocycles. The van der Waals surface area contributed by atoms with Crippen molar-refractivity contribution in [3.05, 3.63) is 65.1 Å². The standard InChI is InChI=1S/C28H34FN3O4/c1-18-15-32(19(2)17-33)28(35)24-13-22(20-7-5-4-6-8-20)14-30-26(24)36-25(18)16-31(3)27(34)21-9-11-23(29)12-10-21/h7,9-14,18-19,25,33H,4-6,8,15-17H2,1-3H3/t18-,19+,25+/m0/s1. The molecule has 2 aliphatic rings. The number of pyridine rings is 1. The molecule has 0 radical (unpaired) electrons. The van der Waals surface area contributed by atoms with Crippen LogP contribution in [0.3, 0.4) is 0 Å². The summed E-state index contributed by atoms with van der Waals surface area (Å²) in [6, 6.07) is 6.89. The highest BCUT2D eigenvalue weighted by Gasteiger charge is 2.35. The SMILES string of the molecule is C[C@H](CO)N1C[C@H](C)[C@@H](CN(C)C(=O)c2ccc(F)cc2)Oc2ncc(C3=CCCCC3)cc2C1=O. The summed E-state index contributed by atoms with van der Waals surface area (Å²) < 4.78 is 19.6. The predicted octanol–water partition coefficient (Wildman–Crippen LogP) is 4.17. The lowest BCUT2D eigenvalue weighted by Crippen LogP contribution is -2.50. The van der Waals surface area contributed by atoms with E-state index < -0.39 is 11.9 Å². The Labute approximate surface area is 211 Å². The van der Waals surface area contributed by atoms with E-state index in [2.05, 4.69) is 11.1 Å². The molecule has 36 heavy (non-hydrogen) atoms. The van der Waals surface area contributed by atoms with Crippen molar-refractivity contribution in [2.45, 2.75) is 51.7 Å². The van der Waals surface area contributed by atoms with E-state index in [0.717, 1.165) is 31.2 Å². The summed E-state index contributed by atoms with van der Waals surface area (Å²) in [4.78, 5) is 34.3. The number of fused-ring (bicyclic) bond motifs is 1.